The highest BCUT2D eigenvalue weighted by Gasteiger charge is 2.22. The summed E-state index contributed by atoms with van der Waals surface area (Å²) in [6.45, 7) is 11.8. The molecule has 2 nitrogen and oxygen atoms in total. The summed E-state index contributed by atoms with van der Waals surface area (Å²) in [7, 11) is 0. The molecule has 0 aromatic heterocycles. The largest absolute Gasteiger partial charge is 0.387 e. The molecule has 1 aromatic rings. The number of benzene rings is 1. The van der Waals surface area contributed by atoms with E-state index in [9.17, 15) is 5.11 Å². The maximum atomic E-state index is 10.5. The molecule has 0 heterocycles. The molecular formula is C19H31NO. The first-order valence-corrected chi connectivity index (χ1v) is 8.41. The molecule has 0 saturated heterocycles. The van der Waals surface area contributed by atoms with Gasteiger partial charge in [0.1, 0.15) is 0 Å². The molecule has 0 radical (unpaired) electrons. The van der Waals surface area contributed by atoms with Gasteiger partial charge in [-0.2, -0.15) is 0 Å². The molecule has 1 saturated carbocycles. The summed E-state index contributed by atoms with van der Waals surface area (Å²) in [4.78, 5) is 2.40. The summed E-state index contributed by atoms with van der Waals surface area (Å²) in [5.74, 6) is 0.861. The predicted octanol–water partition coefficient (Wildman–Crippen LogP) is 4.14. The van der Waals surface area contributed by atoms with Gasteiger partial charge in [-0.3, -0.25) is 0 Å². The van der Waals surface area contributed by atoms with Gasteiger partial charge in [-0.05, 0) is 41.8 Å². The van der Waals surface area contributed by atoms with Gasteiger partial charge in [0.2, 0.25) is 0 Å². The zero-order chi connectivity index (χ0) is 15.5. The van der Waals surface area contributed by atoms with Crippen LogP contribution in [0.1, 0.15) is 64.2 Å². The molecule has 1 unspecified atom stereocenters. The van der Waals surface area contributed by atoms with Crippen molar-refractivity contribution in [3.8, 4) is 0 Å². The molecular weight excluding hydrogens is 258 g/mol. The lowest BCUT2D eigenvalue weighted by molar-refractivity contribution is 0.0941. The van der Waals surface area contributed by atoms with Crippen molar-refractivity contribution in [3.63, 3.8) is 0 Å². The van der Waals surface area contributed by atoms with Crippen LogP contribution in [0.2, 0.25) is 0 Å². The Balaban J connectivity index is 1.93. The van der Waals surface area contributed by atoms with Crippen LogP contribution < -0.4 is 0 Å². The molecule has 0 amide bonds. The summed E-state index contributed by atoms with van der Waals surface area (Å²) in [5.41, 5.74) is 2.53. The van der Waals surface area contributed by atoms with Gasteiger partial charge in [0.05, 0.1) is 6.10 Å². The summed E-state index contributed by atoms with van der Waals surface area (Å²) in [6, 6.07) is 8.48. The second-order valence-electron chi connectivity index (χ2n) is 7.54. The Hall–Kier alpha value is -0.860. The van der Waals surface area contributed by atoms with Gasteiger partial charge in [-0.15, -0.1) is 0 Å². The topological polar surface area (TPSA) is 23.5 Å². The summed E-state index contributed by atoms with van der Waals surface area (Å²) in [5, 5.41) is 10.5. The van der Waals surface area contributed by atoms with Gasteiger partial charge in [0.25, 0.3) is 0 Å². The van der Waals surface area contributed by atoms with Gasteiger partial charge < -0.3 is 10.0 Å². The van der Waals surface area contributed by atoms with E-state index in [4.69, 9.17) is 0 Å². The van der Waals surface area contributed by atoms with Crippen LogP contribution in [-0.2, 0) is 5.41 Å². The Labute approximate surface area is 130 Å². The quantitative estimate of drug-likeness (QED) is 0.851. The number of hydrogen-bond donors (Lipinski definition) is 1. The Morgan fingerprint density at radius 3 is 2.24 bits per heavy atom. The number of hydrogen-bond acceptors (Lipinski definition) is 2. The molecule has 2 rings (SSSR count). The fourth-order valence-corrected chi connectivity index (χ4v) is 2.93. The molecule has 0 spiro atoms. The lowest BCUT2D eigenvalue weighted by Crippen LogP contribution is -2.35. The van der Waals surface area contributed by atoms with E-state index in [1.165, 1.54) is 24.8 Å². The first kappa shape index (κ1) is 16.5. The zero-order valence-corrected chi connectivity index (χ0v) is 14.1. The third-order valence-corrected chi connectivity index (χ3v) is 4.78. The molecule has 1 aliphatic rings. The average molecular weight is 289 g/mol. The molecule has 21 heavy (non-hydrogen) atoms. The normalized spacial score (nSPS) is 17.8. The monoisotopic (exact) mass is 289 g/mol. The number of likely N-dealkylation sites (N-methyl/N-ethyl adjacent to an activating group) is 1. The maximum absolute atomic E-state index is 10.5. The van der Waals surface area contributed by atoms with Crippen molar-refractivity contribution in [3.05, 3.63) is 35.4 Å². The minimum Gasteiger partial charge on any atom is -0.387 e. The second-order valence-corrected chi connectivity index (χ2v) is 7.54. The van der Waals surface area contributed by atoms with Crippen molar-refractivity contribution in [2.24, 2.45) is 5.92 Å². The van der Waals surface area contributed by atoms with Gasteiger partial charge in [0.15, 0.2) is 0 Å². The van der Waals surface area contributed by atoms with Crippen LogP contribution in [0.25, 0.3) is 0 Å². The van der Waals surface area contributed by atoms with Crippen LogP contribution in [0.3, 0.4) is 0 Å². The summed E-state index contributed by atoms with van der Waals surface area (Å²) < 4.78 is 0. The average Bonchev–Trinajstić information content (AvgIpc) is 2.40. The van der Waals surface area contributed by atoms with E-state index in [1.54, 1.807) is 0 Å². The van der Waals surface area contributed by atoms with Crippen molar-refractivity contribution in [1.29, 1.82) is 0 Å². The van der Waals surface area contributed by atoms with E-state index in [2.05, 4.69) is 56.9 Å². The molecule has 118 valence electrons. The number of rotatable bonds is 6. The highest BCUT2D eigenvalue weighted by Crippen LogP contribution is 2.28. The van der Waals surface area contributed by atoms with E-state index >= 15 is 0 Å². The van der Waals surface area contributed by atoms with Crippen molar-refractivity contribution < 1.29 is 5.11 Å². The predicted molar refractivity (Wildman–Crippen MR) is 89.6 cm³/mol. The standard InChI is InChI=1S/C19H31NO/c1-5-20(13-15-7-6-8-15)14-18(21)16-9-11-17(12-10-16)19(2,3)4/h9-12,15,18,21H,5-8,13-14H2,1-4H3. The molecule has 1 N–H and O–H groups in total. The SMILES string of the molecule is CCN(CC1CCC1)CC(O)c1ccc(C(C)(C)C)cc1. The van der Waals surface area contributed by atoms with Crippen LogP contribution in [0.15, 0.2) is 24.3 Å². The molecule has 1 atom stereocenters. The molecule has 1 aliphatic carbocycles. The van der Waals surface area contributed by atoms with E-state index in [0.29, 0.717) is 0 Å². The Morgan fingerprint density at radius 2 is 1.81 bits per heavy atom. The van der Waals surface area contributed by atoms with Crippen LogP contribution in [0.5, 0.6) is 0 Å². The Bertz CT molecular complexity index is 428. The Morgan fingerprint density at radius 1 is 1.19 bits per heavy atom. The summed E-state index contributed by atoms with van der Waals surface area (Å²) in [6.07, 6.45) is 3.75. The highest BCUT2D eigenvalue weighted by molar-refractivity contribution is 5.28. The van der Waals surface area contributed by atoms with Crippen LogP contribution in [0, 0.1) is 5.92 Å². The summed E-state index contributed by atoms with van der Waals surface area (Å²) >= 11 is 0. The zero-order valence-electron chi connectivity index (χ0n) is 14.1. The first-order valence-electron chi connectivity index (χ1n) is 8.41. The minimum atomic E-state index is -0.376. The fraction of sp³-hybridized carbons (Fsp3) is 0.684. The van der Waals surface area contributed by atoms with Crippen molar-refractivity contribution in [2.75, 3.05) is 19.6 Å². The van der Waals surface area contributed by atoms with Crippen LogP contribution in [-0.4, -0.2) is 29.6 Å². The van der Waals surface area contributed by atoms with E-state index in [0.717, 1.165) is 31.1 Å². The van der Waals surface area contributed by atoms with Crippen molar-refractivity contribution >= 4 is 0 Å². The smallest absolute Gasteiger partial charge is 0.0916 e. The third-order valence-electron chi connectivity index (χ3n) is 4.78. The van der Waals surface area contributed by atoms with Gasteiger partial charge >= 0.3 is 0 Å². The van der Waals surface area contributed by atoms with E-state index in [-0.39, 0.29) is 11.5 Å². The molecule has 1 aromatic carbocycles. The maximum Gasteiger partial charge on any atom is 0.0916 e. The second kappa shape index (κ2) is 6.93. The van der Waals surface area contributed by atoms with E-state index < -0.39 is 0 Å². The third kappa shape index (κ3) is 4.55. The molecule has 1 fully saturated rings. The fourth-order valence-electron chi connectivity index (χ4n) is 2.93. The first-order chi connectivity index (χ1) is 9.90. The number of nitrogens with zero attached hydrogens (tertiary/aromatic N) is 1. The van der Waals surface area contributed by atoms with Gasteiger partial charge in [0, 0.05) is 13.1 Å². The van der Waals surface area contributed by atoms with Crippen molar-refractivity contribution in [1.82, 2.24) is 4.90 Å². The van der Waals surface area contributed by atoms with Crippen LogP contribution in [0.4, 0.5) is 0 Å². The van der Waals surface area contributed by atoms with Crippen LogP contribution >= 0.6 is 0 Å². The molecule has 0 bridgehead atoms. The van der Waals surface area contributed by atoms with Gasteiger partial charge in [-0.25, -0.2) is 0 Å². The minimum absolute atomic E-state index is 0.170. The number of aliphatic hydroxyl groups excluding tert-OH is 1. The Kier molecular flexibility index (Phi) is 5.45. The van der Waals surface area contributed by atoms with E-state index in [1.807, 2.05) is 0 Å². The number of aliphatic hydroxyl groups is 1. The molecule has 0 aliphatic heterocycles. The lowest BCUT2D eigenvalue weighted by atomic mass is 9.85. The highest BCUT2D eigenvalue weighted by atomic mass is 16.3. The van der Waals surface area contributed by atoms with Crippen molar-refractivity contribution in [2.45, 2.75) is 58.5 Å². The lowest BCUT2D eigenvalue weighted by Gasteiger charge is -2.33. The van der Waals surface area contributed by atoms with Gasteiger partial charge in [-0.1, -0.05) is 58.4 Å². The molecule has 2 heteroatoms.